The molecule has 0 spiro atoms. The Morgan fingerprint density at radius 1 is 1.29 bits per heavy atom. The monoisotopic (exact) mass is 380 g/mol. The van der Waals surface area contributed by atoms with Gasteiger partial charge in [0.15, 0.2) is 11.6 Å². The second-order valence-corrected chi connectivity index (χ2v) is 7.24. The minimum atomic E-state index is -0.166. The topological polar surface area (TPSA) is 101 Å². The summed E-state index contributed by atoms with van der Waals surface area (Å²) in [5, 5.41) is 11.9. The van der Waals surface area contributed by atoms with Crippen LogP contribution in [0.1, 0.15) is 19.7 Å². The molecule has 4 heterocycles. The van der Waals surface area contributed by atoms with E-state index < -0.39 is 0 Å². The number of fused-ring (bicyclic) bond motifs is 1. The van der Waals surface area contributed by atoms with Gasteiger partial charge < -0.3 is 15.5 Å². The average molecular weight is 380 g/mol. The number of anilines is 2. The van der Waals surface area contributed by atoms with Crippen LogP contribution in [0.2, 0.25) is 0 Å². The van der Waals surface area contributed by atoms with Gasteiger partial charge in [0.25, 0.3) is 0 Å². The third-order valence-corrected chi connectivity index (χ3v) is 5.11. The summed E-state index contributed by atoms with van der Waals surface area (Å²) in [6.45, 7) is 7.33. The molecule has 1 amide bonds. The van der Waals surface area contributed by atoms with Crippen molar-refractivity contribution in [1.82, 2.24) is 30.0 Å². The van der Waals surface area contributed by atoms with Crippen LogP contribution in [0.4, 0.5) is 11.6 Å². The lowest BCUT2D eigenvalue weighted by Crippen LogP contribution is -2.32. The molecule has 0 saturated carbocycles. The highest BCUT2D eigenvalue weighted by molar-refractivity contribution is 5.95. The highest BCUT2D eigenvalue weighted by atomic mass is 16.1. The van der Waals surface area contributed by atoms with E-state index in [1.807, 2.05) is 26.1 Å². The van der Waals surface area contributed by atoms with Crippen molar-refractivity contribution in [3.63, 3.8) is 0 Å². The van der Waals surface area contributed by atoms with Crippen LogP contribution >= 0.6 is 0 Å². The number of aromatic nitrogens is 5. The minimum absolute atomic E-state index is 0.166. The van der Waals surface area contributed by atoms with Crippen molar-refractivity contribution in [1.29, 1.82) is 0 Å². The first kappa shape index (κ1) is 18.3. The highest BCUT2D eigenvalue weighted by Crippen LogP contribution is 2.32. The predicted octanol–water partition coefficient (Wildman–Crippen LogP) is 1.52. The van der Waals surface area contributed by atoms with Crippen molar-refractivity contribution in [3.8, 4) is 5.82 Å². The van der Waals surface area contributed by atoms with Crippen LogP contribution in [0.15, 0.2) is 24.5 Å². The quantitative estimate of drug-likeness (QED) is 0.708. The zero-order chi connectivity index (χ0) is 19.8. The van der Waals surface area contributed by atoms with Crippen LogP contribution in [0.25, 0.3) is 16.7 Å². The number of amides is 1. The zero-order valence-corrected chi connectivity index (χ0v) is 16.5. The van der Waals surface area contributed by atoms with Crippen molar-refractivity contribution < 1.29 is 4.79 Å². The summed E-state index contributed by atoms with van der Waals surface area (Å²) >= 11 is 0. The number of hydrogen-bond acceptors (Lipinski definition) is 7. The predicted molar refractivity (Wildman–Crippen MR) is 108 cm³/mol. The van der Waals surface area contributed by atoms with E-state index in [9.17, 15) is 4.79 Å². The van der Waals surface area contributed by atoms with E-state index in [1.165, 1.54) is 6.92 Å². The molecular weight excluding hydrogens is 356 g/mol. The maximum atomic E-state index is 11.5. The van der Waals surface area contributed by atoms with E-state index in [0.29, 0.717) is 29.4 Å². The SMILES string of the molecule is CNC1CN(c2nn(-c3ccnc(C)n3)c3cc(NC(C)=O)ncc23)CC1C. The van der Waals surface area contributed by atoms with Gasteiger partial charge >= 0.3 is 0 Å². The fourth-order valence-electron chi connectivity index (χ4n) is 3.73. The molecule has 9 nitrogen and oxygen atoms in total. The smallest absolute Gasteiger partial charge is 0.222 e. The average Bonchev–Trinajstić information content (AvgIpc) is 3.21. The third-order valence-electron chi connectivity index (χ3n) is 5.11. The maximum absolute atomic E-state index is 11.5. The minimum Gasteiger partial charge on any atom is -0.353 e. The summed E-state index contributed by atoms with van der Waals surface area (Å²) in [6.07, 6.45) is 3.49. The molecule has 146 valence electrons. The molecule has 2 N–H and O–H groups in total. The van der Waals surface area contributed by atoms with E-state index >= 15 is 0 Å². The van der Waals surface area contributed by atoms with Gasteiger partial charge in [-0.2, -0.15) is 0 Å². The summed E-state index contributed by atoms with van der Waals surface area (Å²) < 4.78 is 1.80. The first-order valence-electron chi connectivity index (χ1n) is 9.35. The first-order chi connectivity index (χ1) is 13.5. The van der Waals surface area contributed by atoms with Crippen molar-refractivity contribution in [3.05, 3.63) is 30.4 Å². The number of nitrogens with zero attached hydrogens (tertiary/aromatic N) is 6. The number of aryl methyl sites for hydroxylation is 1. The summed E-state index contributed by atoms with van der Waals surface area (Å²) in [7, 11) is 1.99. The molecule has 1 aliphatic rings. The molecule has 0 radical (unpaired) electrons. The van der Waals surface area contributed by atoms with E-state index in [-0.39, 0.29) is 5.91 Å². The van der Waals surface area contributed by atoms with Crippen molar-refractivity contribution in [2.24, 2.45) is 5.92 Å². The molecular formula is C19H24N8O. The first-order valence-corrected chi connectivity index (χ1v) is 9.35. The fraction of sp³-hybridized carbons (Fsp3) is 0.421. The number of hydrogen-bond donors (Lipinski definition) is 2. The van der Waals surface area contributed by atoms with Gasteiger partial charge in [-0.15, -0.1) is 5.10 Å². The molecule has 0 aliphatic carbocycles. The molecule has 3 aromatic heterocycles. The Morgan fingerprint density at radius 2 is 2.11 bits per heavy atom. The van der Waals surface area contributed by atoms with Gasteiger partial charge in [-0.25, -0.2) is 19.6 Å². The summed E-state index contributed by atoms with van der Waals surface area (Å²) in [5.41, 5.74) is 0.840. The standard InChI is InChI=1S/C19H24N8O/c1-11-9-26(10-15(11)20-4)19-14-8-22-17(24-13(3)28)7-16(14)27(25-19)18-5-6-21-12(2)23-18/h5-8,11,15,20H,9-10H2,1-4H3,(H,22,24,28). The Kier molecular flexibility index (Phi) is 4.68. The molecule has 4 rings (SSSR count). The van der Waals surface area contributed by atoms with Crippen LogP contribution in [-0.4, -0.2) is 56.8 Å². The van der Waals surface area contributed by atoms with Gasteiger partial charge in [0.05, 0.1) is 10.9 Å². The van der Waals surface area contributed by atoms with Gasteiger partial charge in [0.2, 0.25) is 5.91 Å². The lowest BCUT2D eigenvalue weighted by molar-refractivity contribution is -0.114. The van der Waals surface area contributed by atoms with Crippen LogP contribution in [-0.2, 0) is 4.79 Å². The maximum Gasteiger partial charge on any atom is 0.222 e. The van der Waals surface area contributed by atoms with Crippen LogP contribution in [0.5, 0.6) is 0 Å². The fourth-order valence-corrected chi connectivity index (χ4v) is 3.73. The van der Waals surface area contributed by atoms with Gasteiger partial charge in [-0.3, -0.25) is 4.79 Å². The molecule has 1 fully saturated rings. The summed E-state index contributed by atoms with van der Waals surface area (Å²) in [5.74, 6) is 3.06. The number of rotatable bonds is 4. The Bertz CT molecular complexity index is 1030. The Morgan fingerprint density at radius 3 is 2.79 bits per heavy atom. The van der Waals surface area contributed by atoms with E-state index in [4.69, 9.17) is 5.10 Å². The van der Waals surface area contributed by atoms with E-state index in [0.717, 1.165) is 29.8 Å². The van der Waals surface area contributed by atoms with Crippen LogP contribution in [0.3, 0.4) is 0 Å². The molecule has 9 heteroatoms. The molecule has 0 bridgehead atoms. The lowest BCUT2D eigenvalue weighted by Gasteiger charge is -2.15. The van der Waals surface area contributed by atoms with Crippen LogP contribution < -0.4 is 15.5 Å². The molecule has 2 atom stereocenters. The molecule has 1 saturated heterocycles. The third kappa shape index (κ3) is 3.29. The molecule has 28 heavy (non-hydrogen) atoms. The second kappa shape index (κ2) is 7.16. The van der Waals surface area contributed by atoms with Gasteiger partial charge in [-0.1, -0.05) is 6.92 Å². The Balaban J connectivity index is 1.86. The number of nitrogens with one attached hydrogen (secondary N) is 2. The van der Waals surface area contributed by atoms with E-state index in [1.54, 1.807) is 17.1 Å². The molecule has 1 aliphatic heterocycles. The van der Waals surface area contributed by atoms with Gasteiger partial charge in [-0.05, 0) is 19.9 Å². The van der Waals surface area contributed by atoms with Gasteiger partial charge in [0.1, 0.15) is 11.6 Å². The van der Waals surface area contributed by atoms with Gasteiger partial charge in [0, 0.05) is 50.6 Å². The molecule has 2 unspecified atom stereocenters. The number of carbonyl (C=O) groups excluding carboxylic acids is 1. The Labute approximate surface area is 163 Å². The summed E-state index contributed by atoms with van der Waals surface area (Å²) in [6, 6.07) is 4.07. The van der Waals surface area contributed by atoms with Crippen molar-refractivity contribution >= 4 is 28.4 Å². The number of likely N-dealkylation sites (N-methyl/N-ethyl adjacent to an activating group) is 1. The largest absolute Gasteiger partial charge is 0.353 e. The zero-order valence-electron chi connectivity index (χ0n) is 16.5. The van der Waals surface area contributed by atoms with Crippen molar-refractivity contribution in [2.45, 2.75) is 26.8 Å². The van der Waals surface area contributed by atoms with Crippen molar-refractivity contribution in [2.75, 3.05) is 30.4 Å². The Hall–Kier alpha value is -3.07. The number of carbonyl (C=O) groups is 1. The molecule has 3 aromatic rings. The normalized spacial score (nSPS) is 19.4. The number of pyridine rings is 1. The lowest BCUT2D eigenvalue weighted by atomic mass is 10.1. The van der Waals surface area contributed by atoms with E-state index in [2.05, 4.69) is 37.4 Å². The molecule has 0 aromatic carbocycles. The highest BCUT2D eigenvalue weighted by Gasteiger charge is 2.31. The summed E-state index contributed by atoms with van der Waals surface area (Å²) in [4.78, 5) is 26.8. The second-order valence-electron chi connectivity index (χ2n) is 7.24. The van der Waals surface area contributed by atoms with Crippen LogP contribution in [0, 0.1) is 12.8 Å².